The zero-order valence-corrected chi connectivity index (χ0v) is 23.7. The molecule has 0 saturated carbocycles. The smallest absolute Gasteiger partial charge is 0.322 e. The molecule has 1 fully saturated rings. The van der Waals surface area contributed by atoms with Crippen molar-refractivity contribution >= 4 is 22.6 Å². The molecule has 10 heteroatoms. The standard InChI is InChI=1S/C33H29F3N6O/c1-22-5-11-27(39-32(43)25-9-10-26(19-41-13-3-4-14-41)29(17-25)33(34,35)36)16-24(22)8-6-23-7-12-31-30(15-23)37-21-42(31)28-18-38-40(2)20-28/h5,7,9-12,15-18,20-21H,3-4,13-14,19H2,1-2H3,(H,39,43). The lowest BCUT2D eigenvalue weighted by Gasteiger charge is -2.19. The van der Waals surface area contributed by atoms with Gasteiger partial charge in [-0.25, -0.2) is 4.98 Å². The molecule has 1 saturated heterocycles. The number of amides is 1. The number of anilines is 1. The van der Waals surface area contributed by atoms with E-state index in [4.69, 9.17) is 0 Å². The minimum atomic E-state index is -4.56. The topological polar surface area (TPSA) is 68.0 Å². The van der Waals surface area contributed by atoms with Gasteiger partial charge < -0.3 is 5.32 Å². The number of aromatic nitrogens is 4. The Morgan fingerprint density at radius 1 is 1.02 bits per heavy atom. The van der Waals surface area contributed by atoms with E-state index in [0.717, 1.165) is 59.8 Å². The first-order valence-electron chi connectivity index (χ1n) is 14.0. The molecule has 1 aliphatic rings. The SMILES string of the molecule is Cc1ccc(NC(=O)c2ccc(CN3CCCC3)c(C(F)(F)F)c2)cc1C#Cc1ccc2c(c1)ncn2-c1cnn(C)c1. The lowest BCUT2D eigenvalue weighted by Crippen LogP contribution is -2.22. The summed E-state index contributed by atoms with van der Waals surface area (Å²) in [5, 5.41) is 6.95. The molecular weight excluding hydrogens is 553 g/mol. The quantitative estimate of drug-likeness (QED) is 0.246. The molecule has 3 aromatic carbocycles. The molecule has 6 rings (SSSR count). The molecule has 5 aromatic rings. The van der Waals surface area contributed by atoms with Crippen molar-refractivity contribution in [2.24, 2.45) is 7.05 Å². The van der Waals surface area contributed by atoms with Gasteiger partial charge in [0, 0.05) is 42.2 Å². The van der Waals surface area contributed by atoms with Crippen LogP contribution in [0.4, 0.5) is 18.9 Å². The van der Waals surface area contributed by atoms with Gasteiger partial charge in [0.15, 0.2) is 0 Å². The van der Waals surface area contributed by atoms with E-state index < -0.39 is 17.6 Å². The Hall–Kier alpha value is -4.88. The summed E-state index contributed by atoms with van der Waals surface area (Å²) in [6.07, 6.45) is 2.83. The Morgan fingerprint density at radius 2 is 1.84 bits per heavy atom. The second kappa shape index (κ2) is 11.4. The van der Waals surface area contributed by atoms with Gasteiger partial charge >= 0.3 is 6.18 Å². The number of carbonyl (C=O) groups is 1. The predicted octanol–water partition coefficient (Wildman–Crippen LogP) is 6.33. The lowest BCUT2D eigenvalue weighted by atomic mass is 10.0. The van der Waals surface area contributed by atoms with Gasteiger partial charge in [0.25, 0.3) is 5.91 Å². The fourth-order valence-corrected chi connectivity index (χ4v) is 5.31. The largest absolute Gasteiger partial charge is 0.416 e. The molecule has 0 unspecified atom stereocenters. The monoisotopic (exact) mass is 582 g/mol. The first kappa shape index (κ1) is 28.2. The van der Waals surface area contributed by atoms with Crippen molar-refractivity contribution in [3.8, 4) is 17.5 Å². The van der Waals surface area contributed by atoms with Crippen LogP contribution in [0.25, 0.3) is 16.7 Å². The van der Waals surface area contributed by atoms with E-state index in [0.29, 0.717) is 11.3 Å². The van der Waals surface area contributed by atoms with Gasteiger partial charge in [0.2, 0.25) is 0 Å². The molecule has 2 aromatic heterocycles. The number of imidazole rings is 1. The number of aryl methyl sites for hydroxylation is 2. The van der Waals surface area contributed by atoms with Crippen LogP contribution in [0, 0.1) is 18.8 Å². The first-order chi connectivity index (χ1) is 20.6. The number of nitrogens with zero attached hydrogens (tertiary/aromatic N) is 5. The third-order valence-corrected chi connectivity index (χ3v) is 7.62. The molecule has 218 valence electrons. The van der Waals surface area contributed by atoms with Gasteiger partial charge in [-0.2, -0.15) is 18.3 Å². The molecule has 1 aliphatic heterocycles. The fraction of sp³-hybridized carbons (Fsp3) is 0.242. The zero-order valence-electron chi connectivity index (χ0n) is 23.7. The summed E-state index contributed by atoms with van der Waals surface area (Å²) in [4.78, 5) is 19.5. The van der Waals surface area contributed by atoms with E-state index >= 15 is 0 Å². The summed E-state index contributed by atoms with van der Waals surface area (Å²) in [6.45, 7) is 3.69. The van der Waals surface area contributed by atoms with Crippen LogP contribution in [0.1, 0.15) is 51.0 Å². The van der Waals surface area contributed by atoms with Crippen LogP contribution in [0.15, 0.2) is 73.3 Å². The van der Waals surface area contributed by atoms with Crippen LogP contribution >= 0.6 is 0 Å². The maximum atomic E-state index is 13.9. The number of likely N-dealkylation sites (tertiary alicyclic amines) is 1. The minimum absolute atomic E-state index is 0.0512. The summed E-state index contributed by atoms with van der Waals surface area (Å²) in [5.41, 5.74) is 4.79. The van der Waals surface area contributed by atoms with Crippen LogP contribution in [0.2, 0.25) is 0 Å². The van der Waals surface area contributed by atoms with E-state index in [1.54, 1.807) is 29.3 Å². The van der Waals surface area contributed by atoms with Crippen molar-refractivity contribution in [3.05, 3.63) is 107 Å². The van der Waals surface area contributed by atoms with Crippen molar-refractivity contribution in [2.45, 2.75) is 32.5 Å². The highest BCUT2D eigenvalue weighted by Gasteiger charge is 2.34. The average molecular weight is 583 g/mol. The van der Waals surface area contributed by atoms with Gasteiger partial charge in [-0.15, -0.1) is 0 Å². The minimum Gasteiger partial charge on any atom is -0.322 e. The number of alkyl halides is 3. The third-order valence-electron chi connectivity index (χ3n) is 7.62. The van der Waals surface area contributed by atoms with Gasteiger partial charge in [-0.3, -0.25) is 18.9 Å². The Labute approximate surface area is 247 Å². The number of benzene rings is 3. The Balaban J connectivity index is 1.20. The lowest BCUT2D eigenvalue weighted by molar-refractivity contribution is -0.138. The number of rotatable bonds is 5. The van der Waals surface area contributed by atoms with E-state index in [-0.39, 0.29) is 17.7 Å². The number of halogens is 3. The van der Waals surface area contributed by atoms with Crippen molar-refractivity contribution < 1.29 is 18.0 Å². The van der Waals surface area contributed by atoms with Gasteiger partial charge in [-0.05, 0) is 86.4 Å². The second-order valence-corrected chi connectivity index (χ2v) is 10.8. The second-order valence-electron chi connectivity index (χ2n) is 10.8. The van der Waals surface area contributed by atoms with E-state index in [1.807, 2.05) is 53.9 Å². The summed E-state index contributed by atoms with van der Waals surface area (Å²) >= 11 is 0. The maximum Gasteiger partial charge on any atom is 0.416 e. The molecule has 43 heavy (non-hydrogen) atoms. The number of fused-ring (bicyclic) bond motifs is 1. The van der Waals surface area contributed by atoms with Crippen molar-refractivity contribution in [3.63, 3.8) is 0 Å². The predicted molar refractivity (Wildman–Crippen MR) is 159 cm³/mol. The van der Waals surface area contributed by atoms with Gasteiger partial charge in [-0.1, -0.05) is 24.0 Å². The maximum absolute atomic E-state index is 13.9. The Morgan fingerprint density at radius 3 is 2.58 bits per heavy atom. The average Bonchev–Trinajstić information content (AvgIpc) is 3.74. The van der Waals surface area contributed by atoms with Gasteiger partial charge in [0.1, 0.15) is 6.33 Å². The molecule has 0 radical (unpaired) electrons. The highest BCUT2D eigenvalue weighted by atomic mass is 19.4. The highest BCUT2D eigenvalue weighted by molar-refractivity contribution is 6.04. The van der Waals surface area contributed by atoms with Crippen LogP contribution in [0.5, 0.6) is 0 Å². The molecule has 0 aliphatic carbocycles. The van der Waals surface area contributed by atoms with Crippen molar-refractivity contribution in [1.29, 1.82) is 0 Å². The van der Waals surface area contributed by atoms with Crippen molar-refractivity contribution in [2.75, 3.05) is 18.4 Å². The van der Waals surface area contributed by atoms with Crippen LogP contribution in [-0.2, 0) is 19.8 Å². The molecule has 0 bridgehead atoms. The molecular formula is C33H29F3N6O. The third kappa shape index (κ3) is 6.17. The van der Waals surface area contributed by atoms with Crippen molar-refractivity contribution in [1.82, 2.24) is 24.2 Å². The van der Waals surface area contributed by atoms with E-state index in [1.165, 1.54) is 12.1 Å². The first-order valence-corrected chi connectivity index (χ1v) is 14.0. The molecule has 1 N–H and O–H groups in total. The van der Waals surface area contributed by atoms with Crippen LogP contribution in [-0.4, -0.2) is 43.2 Å². The van der Waals surface area contributed by atoms with Crippen LogP contribution in [0.3, 0.4) is 0 Å². The van der Waals surface area contributed by atoms with E-state index in [2.05, 4.69) is 27.2 Å². The highest BCUT2D eigenvalue weighted by Crippen LogP contribution is 2.34. The Bertz CT molecular complexity index is 1890. The zero-order chi connectivity index (χ0) is 30.1. The van der Waals surface area contributed by atoms with Gasteiger partial charge in [0.05, 0.1) is 28.5 Å². The molecule has 0 atom stereocenters. The Kier molecular flexibility index (Phi) is 7.50. The fourth-order valence-electron chi connectivity index (χ4n) is 5.31. The summed E-state index contributed by atoms with van der Waals surface area (Å²) in [5.74, 6) is 5.70. The normalized spacial score (nSPS) is 13.7. The molecule has 1 amide bonds. The molecule has 3 heterocycles. The summed E-state index contributed by atoms with van der Waals surface area (Å²) in [7, 11) is 1.86. The molecule has 7 nitrogen and oxygen atoms in total. The van der Waals surface area contributed by atoms with Crippen LogP contribution < -0.4 is 5.32 Å². The summed E-state index contributed by atoms with van der Waals surface area (Å²) < 4.78 is 45.4. The number of nitrogens with one attached hydrogen (secondary N) is 1. The van der Waals surface area contributed by atoms with E-state index in [9.17, 15) is 18.0 Å². The number of hydrogen-bond acceptors (Lipinski definition) is 4. The molecule has 0 spiro atoms. The number of carbonyl (C=O) groups excluding carboxylic acids is 1. The number of hydrogen-bond donors (Lipinski definition) is 1. The summed E-state index contributed by atoms with van der Waals surface area (Å²) in [6, 6.07) is 14.8.